The van der Waals surface area contributed by atoms with Gasteiger partial charge in [0.25, 0.3) is 0 Å². The Hall–Kier alpha value is -3.91. The number of Topliss-reactive ketones (excluding diaryl/α,β-unsaturated/α-hetero) is 1. The molecule has 3 aromatic rings. The van der Waals surface area contributed by atoms with E-state index in [1.165, 1.54) is 13.3 Å². The van der Waals surface area contributed by atoms with Crippen molar-refractivity contribution in [2.45, 2.75) is 17.4 Å². The van der Waals surface area contributed by atoms with E-state index in [0.717, 1.165) is 0 Å². The fourth-order valence-electron chi connectivity index (χ4n) is 5.14. The van der Waals surface area contributed by atoms with Crippen molar-refractivity contribution in [3.8, 4) is 17.2 Å². The molecule has 0 saturated heterocycles. The number of hydrogen-bond acceptors (Lipinski definition) is 8. The second-order valence-corrected chi connectivity index (χ2v) is 7.99. The van der Waals surface area contributed by atoms with E-state index in [1.54, 1.807) is 25.3 Å². The summed E-state index contributed by atoms with van der Waals surface area (Å²) in [5, 5.41) is 9.24. The molecular weight excluding hydrogens is 426 g/mol. The van der Waals surface area contributed by atoms with Crippen LogP contribution in [0.15, 0.2) is 66.9 Å². The monoisotopic (exact) mass is 447 g/mol. The van der Waals surface area contributed by atoms with Crippen molar-refractivity contribution in [1.29, 1.82) is 0 Å². The van der Waals surface area contributed by atoms with Gasteiger partial charge in [0, 0.05) is 12.0 Å². The quantitative estimate of drug-likeness (QED) is 0.360. The topological polar surface area (TPSA) is 104 Å². The Morgan fingerprint density at radius 2 is 1.73 bits per heavy atom. The van der Waals surface area contributed by atoms with Crippen molar-refractivity contribution in [2.24, 2.45) is 5.92 Å². The van der Waals surface area contributed by atoms with E-state index in [4.69, 9.17) is 14.2 Å². The Morgan fingerprint density at radius 3 is 2.36 bits per heavy atom. The summed E-state index contributed by atoms with van der Waals surface area (Å²) in [5.41, 5.74) is 0.469. The molecule has 8 nitrogen and oxygen atoms in total. The smallest absolute Gasteiger partial charge is 0.353 e. The average Bonchev–Trinajstić information content (AvgIpc) is 3.33. The lowest BCUT2D eigenvalue weighted by Gasteiger charge is -2.36. The van der Waals surface area contributed by atoms with Crippen molar-refractivity contribution in [3.05, 3.63) is 83.7 Å². The molecule has 0 radical (unpaired) electrons. The fourth-order valence-corrected chi connectivity index (χ4v) is 5.14. The summed E-state index contributed by atoms with van der Waals surface area (Å²) in [6.45, 7) is 0. The van der Waals surface area contributed by atoms with Gasteiger partial charge >= 0.3 is 5.97 Å². The largest absolute Gasteiger partial charge is 0.497 e. The lowest BCUT2D eigenvalue weighted by molar-refractivity contribution is -0.239. The first-order valence-corrected chi connectivity index (χ1v) is 10.4. The predicted octanol–water partition coefficient (Wildman–Crippen LogP) is 3.47. The zero-order valence-corrected chi connectivity index (χ0v) is 17.9. The standard InChI is InChI=1S/C25H21NO7/c1-30-16-10-8-15(9-11-16)25-20(14-6-4-3-5-7-14)19(24(28)33-29)23(27)21(25)22-18(32-25)12-17(31-2)13-26-22/h3-13,19-21,29H,1-2H3. The van der Waals surface area contributed by atoms with Crippen molar-refractivity contribution >= 4 is 11.8 Å². The molecule has 0 amide bonds. The van der Waals surface area contributed by atoms with Gasteiger partial charge in [0.2, 0.25) is 0 Å². The predicted molar refractivity (Wildman–Crippen MR) is 115 cm³/mol. The molecule has 4 unspecified atom stereocenters. The molecule has 5 rings (SSSR count). The zero-order valence-electron chi connectivity index (χ0n) is 17.9. The van der Waals surface area contributed by atoms with Crippen molar-refractivity contribution in [1.82, 2.24) is 4.98 Å². The van der Waals surface area contributed by atoms with Gasteiger partial charge in [-0.1, -0.05) is 42.5 Å². The summed E-state index contributed by atoms with van der Waals surface area (Å²) in [7, 11) is 3.08. The number of benzene rings is 2. The Balaban J connectivity index is 1.79. The number of pyridine rings is 1. The van der Waals surface area contributed by atoms with Gasteiger partial charge in [-0.05, 0) is 23.3 Å². The lowest BCUT2D eigenvalue weighted by Crippen LogP contribution is -2.39. The first-order valence-electron chi connectivity index (χ1n) is 10.4. The van der Waals surface area contributed by atoms with Crippen LogP contribution in [0, 0.1) is 5.92 Å². The minimum atomic E-state index is -1.30. The number of ether oxygens (including phenoxy) is 3. The number of fused-ring (bicyclic) bond motifs is 3. The number of aromatic nitrogens is 1. The van der Waals surface area contributed by atoms with Crippen molar-refractivity contribution in [2.75, 3.05) is 14.2 Å². The second kappa shape index (κ2) is 7.90. The highest BCUT2D eigenvalue weighted by atomic mass is 17.1. The number of nitrogens with zero attached hydrogens (tertiary/aromatic N) is 1. The van der Waals surface area contributed by atoms with Crippen LogP contribution in [0.25, 0.3) is 0 Å². The van der Waals surface area contributed by atoms with Crippen LogP contribution in [0.1, 0.15) is 28.7 Å². The minimum absolute atomic E-state index is 0.403. The molecule has 168 valence electrons. The van der Waals surface area contributed by atoms with Gasteiger partial charge in [-0.3, -0.25) is 9.78 Å². The Morgan fingerprint density at radius 1 is 1.03 bits per heavy atom. The van der Waals surface area contributed by atoms with Crippen LogP contribution in [0.5, 0.6) is 17.2 Å². The SMILES string of the molecule is COc1ccc(C23Oc4cc(OC)cnc4C2C(=O)C(C(=O)OO)C3c2ccccc2)cc1. The minimum Gasteiger partial charge on any atom is -0.497 e. The van der Waals surface area contributed by atoms with E-state index in [2.05, 4.69) is 9.87 Å². The zero-order chi connectivity index (χ0) is 23.2. The van der Waals surface area contributed by atoms with Gasteiger partial charge in [-0.25, -0.2) is 4.79 Å². The molecule has 1 aliphatic heterocycles. The maximum absolute atomic E-state index is 13.8. The summed E-state index contributed by atoms with van der Waals surface area (Å²) in [5.74, 6) is -2.93. The third-order valence-corrected chi connectivity index (χ3v) is 6.50. The van der Waals surface area contributed by atoms with Crippen LogP contribution in [-0.2, 0) is 20.1 Å². The lowest BCUT2D eigenvalue weighted by atomic mass is 9.73. The van der Waals surface area contributed by atoms with Gasteiger partial charge < -0.3 is 19.1 Å². The Bertz CT molecular complexity index is 1210. The number of rotatable bonds is 5. The average molecular weight is 447 g/mol. The fraction of sp³-hybridized carbons (Fsp3) is 0.240. The molecule has 2 aliphatic rings. The molecule has 1 N–H and O–H groups in total. The Kier molecular flexibility index (Phi) is 5.02. The van der Waals surface area contributed by atoms with Gasteiger partial charge in [-0.15, -0.1) is 0 Å². The van der Waals surface area contributed by atoms with Crippen LogP contribution in [0.3, 0.4) is 0 Å². The molecule has 0 bridgehead atoms. The van der Waals surface area contributed by atoms with Gasteiger partial charge in [-0.2, -0.15) is 5.26 Å². The summed E-state index contributed by atoms with van der Waals surface area (Å²) in [4.78, 5) is 35.1. The van der Waals surface area contributed by atoms with Crippen LogP contribution in [0.2, 0.25) is 0 Å². The highest BCUT2D eigenvalue weighted by molar-refractivity contribution is 6.07. The van der Waals surface area contributed by atoms with Crippen molar-refractivity contribution < 1.29 is 33.9 Å². The van der Waals surface area contributed by atoms with E-state index in [1.807, 2.05) is 42.5 Å². The number of carbonyl (C=O) groups is 2. The molecular formula is C25H21NO7. The van der Waals surface area contributed by atoms with Crippen LogP contribution >= 0.6 is 0 Å². The highest BCUT2D eigenvalue weighted by Gasteiger charge is 2.70. The molecule has 1 aliphatic carbocycles. The van der Waals surface area contributed by atoms with Crippen LogP contribution in [0.4, 0.5) is 0 Å². The van der Waals surface area contributed by atoms with Gasteiger partial charge in [0.05, 0.1) is 26.1 Å². The summed E-state index contributed by atoms with van der Waals surface area (Å²) in [6.07, 6.45) is 1.51. The van der Waals surface area contributed by atoms with E-state index >= 15 is 0 Å². The highest BCUT2D eigenvalue weighted by Crippen LogP contribution is 2.64. The van der Waals surface area contributed by atoms with Crippen molar-refractivity contribution in [3.63, 3.8) is 0 Å². The molecule has 2 aromatic carbocycles. The molecule has 8 heteroatoms. The number of methoxy groups -OCH3 is 2. The van der Waals surface area contributed by atoms with E-state index in [9.17, 15) is 14.8 Å². The maximum Gasteiger partial charge on any atom is 0.353 e. The molecule has 0 spiro atoms. The molecule has 1 saturated carbocycles. The number of ketones is 1. The molecule has 33 heavy (non-hydrogen) atoms. The molecule has 1 aromatic heterocycles. The summed E-state index contributed by atoms with van der Waals surface area (Å²) < 4.78 is 17.2. The maximum atomic E-state index is 13.8. The third kappa shape index (κ3) is 2.98. The van der Waals surface area contributed by atoms with Gasteiger partial charge in [0.1, 0.15) is 29.1 Å². The number of hydrogen-bond donors (Lipinski definition) is 1. The molecule has 4 atom stereocenters. The van der Waals surface area contributed by atoms with Gasteiger partial charge in [0.15, 0.2) is 11.4 Å². The normalized spacial score (nSPS) is 25.1. The van der Waals surface area contributed by atoms with Crippen LogP contribution in [-0.4, -0.2) is 36.2 Å². The number of carbonyl (C=O) groups excluding carboxylic acids is 2. The van der Waals surface area contributed by atoms with E-state index in [-0.39, 0.29) is 0 Å². The molecule has 2 heterocycles. The first-order chi connectivity index (χ1) is 16.0. The second-order valence-electron chi connectivity index (χ2n) is 7.99. The van der Waals surface area contributed by atoms with Crippen LogP contribution < -0.4 is 14.2 Å². The van der Waals surface area contributed by atoms with E-state index < -0.39 is 35.1 Å². The van der Waals surface area contributed by atoms with E-state index in [0.29, 0.717) is 34.1 Å². The molecule has 1 fully saturated rings. The Labute approximate surface area is 189 Å². The summed E-state index contributed by atoms with van der Waals surface area (Å²) >= 11 is 0. The third-order valence-electron chi connectivity index (χ3n) is 6.50. The summed E-state index contributed by atoms with van der Waals surface area (Å²) in [6, 6.07) is 18.0. The first kappa shape index (κ1) is 21.0.